The molecule has 3 heterocycles. The highest BCUT2D eigenvalue weighted by Crippen LogP contribution is 2.26. The Balaban J connectivity index is 1.50. The number of ether oxygens (including phenoxy) is 2. The Hall–Kier alpha value is -2.90. The SMILES string of the molecule is CCc1cc2oc(=O)cc(COC(=O)c3ccc(N4CCOCC4)nc3)c2cc1Cl. The van der Waals surface area contributed by atoms with E-state index < -0.39 is 11.6 Å². The van der Waals surface area contributed by atoms with Crippen LogP contribution in [-0.4, -0.2) is 37.3 Å². The molecule has 0 aliphatic carbocycles. The summed E-state index contributed by atoms with van der Waals surface area (Å²) in [5.41, 5.74) is 1.68. The minimum absolute atomic E-state index is 0.0754. The average Bonchev–Trinajstić information content (AvgIpc) is 2.78. The van der Waals surface area contributed by atoms with Crippen molar-refractivity contribution >= 4 is 34.4 Å². The first kappa shape index (κ1) is 20.4. The number of carbonyl (C=O) groups excluding carboxylic acids is 1. The summed E-state index contributed by atoms with van der Waals surface area (Å²) in [6.07, 6.45) is 2.21. The Labute approximate surface area is 178 Å². The molecule has 7 nitrogen and oxygen atoms in total. The van der Waals surface area contributed by atoms with Crippen molar-refractivity contribution < 1.29 is 18.7 Å². The molecule has 1 aliphatic rings. The maximum Gasteiger partial charge on any atom is 0.340 e. The summed E-state index contributed by atoms with van der Waals surface area (Å²) in [5.74, 6) is 0.275. The van der Waals surface area contributed by atoms with Gasteiger partial charge in [-0.2, -0.15) is 0 Å². The van der Waals surface area contributed by atoms with Gasteiger partial charge in [0.05, 0.1) is 18.8 Å². The highest BCUT2D eigenvalue weighted by Gasteiger charge is 2.15. The van der Waals surface area contributed by atoms with Gasteiger partial charge in [0.2, 0.25) is 0 Å². The number of carbonyl (C=O) groups is 1. The van der Waals surface area contributed by atoms with Gasteiger partial charge in [0, 0.05) is 41.3 Å². The number of aryl methyl sites for hydroxylation is 1. The van der Waals surface area contributed by atoms with Gasteiger partial charge in [-0.25, -0.2) is 14.6 Å². The third kappa shape index (κ3) is 4.32. The third-order valence-corrected chi connectivity index (χ3v) is 5.41. The van der Waals surface area contributed by atoms with Crippen molar-refractivity contribution in [2.24, 2.45) is 0 Å². The van der Waals surface area contributed by atoms with Crippen molar-refractivity contribution in [2.45, 2.75) is 20.0 Å². The number of morpholine rings is 1. The fourth-order valence-corrected chi connectivity index (χ4v) is 3.69. The van der Waals surface area contributed by atoms with Crippen LogP contribution in [0.25, 0.3) is 11.0 Å². The van der Waals surface area contributed by atoms with Crippen LogP contribution in [0, 0.1) is 0 Å². The number of halogens is 1. The second kappa shape index (κ2) is 8.85. The first-order chi connectivity index (χ1) is 14.5. The van der Waals surface area contributed by atoms with E-state index in [0.717, 1.165) is 24.5 Å². The van der Waals surface area contributed by atoms with Gasteiger partial charge in [0.25, 0.3) is 0 Å². The molecule has 0 unspecified atom stereocenters. The lowest BCUT2D eigenvalue weighted by atomic mass is 10.1. The summed E-state index contributed by atoms with van der Waals surface area (Å²) in [4.78, 5) is 30.9. The standard InChI is InChI=1S/C22H21ClN2O5/c1-2-14-9-19-17(11-18(14)23)16(10-21(26)30-19)13-29-22(27)15-3-4-20(24-12-15)25-5-7-28-8-6-25/h3-4,9-12H,2,5-8,13H2,1H3. The number of hydrogen-bond donors (Lipinski definition) is 0. The largest absolute Gasteiger partial charge is 0.457 e. The Morgan fingerprint density at radius 2 is 2.00 bits per heavy atom. The Bertz CT molecular complexity index is 1120. The molecule has 1 fully saturated rings. The molecule has 0 spiro atoms. The van der Waals surface area contributed by atoms with Crippen LogP contribution in [-0.2, 0) is 22.5 Å². The van der Waals surface area contributed by atoms with Gasteiger partial charge < -0.3 is 18.8 Å². The summed E-state index contributed by atoms with van der Waals surface area (Å²) >= 11 is 6.30. The lowest BCUT2D eigenvalue weighted by Gasteiger charge is -2.27. The summed E-state index contributed by atoms with van der Waals surface area (Å²) < 4.78 is 16.0. The summed E-state index contributed by atoms with van der Waals surface area (Å²) in [7, 11) is 0. The zero-order valence-electron chi connectivity index (χ0n) is 16.5. The van der Waals surface area contributed by atoms with E-state index >= 15 is 0 Å². The van der Waals surface area contributed by atoms with Crippen molar-refractivity contribution in [1.82, 2.24) is 4.98 Å². The first-order valence-electron chi connectivity index (χ1n) is 9.76. The molecule has 1 aliphatic heterocycles. The fourth-order valence-electron chi connectivity index (χ4n) is 3.39. The Morgan fingerprint density at radius 3 is 2.70 bits per heavy atom. The Kier molecular flexibility index (Phi) is 6.01. The molecule has 4 rings (SSSR count). The first-order valence-corrected chi connectivity index (χ1v) is 10.1. The topological polar surface area (TPSA) is 81.9 Å². The van der Waals surface area contributed by atoms with E-state index in [-0.39, 0.29) is 6.61 Å². The van der Waals surface area contributed by atoms with Crippen LogP contribution in [0.5, 0.6) is 0 Å². The minimum Gasteiger partial charge on any atom is -0.457 e. The van der Waals surface area contributed by atoms with Crippen LogP contribution in [0.1, 0.15) is 28.4 Å². The molecule has 1 aromatic carbocycles. The number of aromatic nitrogens is 1. The minimum atomic E-state index is -0.520. The van der Waals surface area contributed by atoms with Gasteiger partial charge in [-0.05, 0) is 36.2 Å². The number of fused-ring (bicyclic) bond motifs is 1. The number of hydrogen-bond acceptors (Lipinski definition) is 7. The highest BCUT2D eigenvalue weighted by molar-refractivity contribution is 6.32. The molecule has 0 saturated carbocycles. The van der Waals surface area contributed by atoms with Crippen LogP contribution < -0.4 is 10.5 Å². The van der Waals surface area contributed by atoms with Crippen LogP contribution in [0.4, 0.5) is 5.82 Å². The number of rotatable bonds is 5. The molecular formula is C22H21ClN2O5. The second-order valence-electron chi connectivity index (χ2n) is 6.96. The fraction of sp³-hybridized carbons (Fsp3) is 0.318. The van der Waals surface area contributed by atoms with Crippen molar-refractivity contribution in [1.29, 1.82) is 0 Å². The third-order valence-electron chi connectivity index (χ3n) is 5.06. The molecule has 0 atom stereocenters. The predicted molar refractivity (Wildman–Crippen MR) is 113 cm³/mol. The molecule has 156 valence electrons. The monoisotopic (exact) mass is 428 g/mol. The zero-order valence-corrected chi connectivity index (χ0v) is 17.3. The molecular weight excluding hydrogens is 408 g/mol. The van der Waals surface area contributed by atoms with Gasteiger partial charge >= 0.3 is 11.6 Å². The van der Waals surface area contributed by atoms with Crippen molar-refractivity contribution in [3.63, 3.8) is 0 Å². The predicted octanol–water partition coefficient (Wildman–Crippen LogP) is 3.60. The van der Waals surface area contributed by atoms with Gasteiger partial charge in [0.1, 0.15) is 18.0 Å². The van der Waals surface area contributed by atoms with E-state index in [9.17, 15) is 9.59 Å². The molecule has 0 radical (unpaired) electrons. The maximum atomic E-state index is 12.5. The van der Waals surface area contributed by atoms with Gasteiger partial charge in [-0.1, -0.05) is 18.5 Å². The van der Waals surface area contributed by atoms with Crippen LogP contribution in [0.3, 0.4) is 0 Å². The van der Waals surface area contributed by atoms with E-state index in [1.54, 1.807) is 24.3 Å². The smallest absolute Gasteiger partial charge is 0.340 e. The number of nitrogens with zero attached hydrogens (tertiary/aromatic N) is 2. The molecule has 0 N–H and O–H groups in total. The lowest BCUT2D eigenvalue weighted by Crippen LogP contribution is -2.36. The molecule has 0 bridgehead atoms. The number of pyridine rings is 1. The van der Waals surface area contributed by atoms with Crippen molar-refractivity contribution in [3.05, 3.63) is 68.7 Å². The summed E-state index contributed by atoms with van der Waals surface area (Å²) in [5, 5.41) is 1.22. The molecule has 2 aromatic heterocycles. The molecule has 8 heteroatoms. The van der Waals surface area contributed by atoms with E-state index in [0.29, 0.717) is 46.8 Å². The maximum absolute atomic E-state index is 12.5. The van der Waals surface area contributed by atoms with Crippen LogP contribution >= 0.6 is 11.6 Å². The average molecular weight is 429 g/mol. The van der Waals surface area contributed by atoms with Gasteiger partial charge in [-0.3, -0.25) is 0 Å². The number of anilines is 1. The lowest BCUT2D eigenvalue weighted by molar-refractivity contribution is 0.0473. The Morgan fingerprint density at radius 1 is 1.20 bits per heavy atom. The molecule has 3 aromatic rings. The number of esters is 1. The van der Waals surface area contributed by atoms with Gasteiger partial charge in [-0.15, -0.1) is 0 Å². The highest BCUT2D eigenvalue weighted by atomic mass is 35.5. The molecule has 1 saturated heterocycles. The van der Waals surface area contributed by atoms with E-state index in [1.165, 1.54) is 12.3 Å². The quantitative estimate of drug-likeness (QED) is 0.453. The van der Waals surface area contributed by atoms with Crippen molar-refractivity contribution in [3.8, 4) is 0 Å². The zero-order chi connectivity index (χ0) is 21.1. The van der Waals surface area contributed by atoms with Crippen LogP contribution in [0.15, 0.2) is 45.7 Å². The van der Waals surface area contributed by atoms with E-state index in [4.69, 9.17) is 25.5 Å². The normalized spacial score (nSPS) is 14.1. The van der Waals surface area contributed by atoms with E-state index in [1.807, 2.05) is 6.92 Å². The molecule has 0 amide bonds. The second-order valence-corrected chi connectivity index (χ2v) is 7.37. The molecule has 30 heavy (non-hydrogen) atoms. The summed E-state index contributed by atoms with van der Waals surface area (Å²) in [6.45, 7) is 4.75. The van der Waals surface area contributed by atoms with Gasteiger partial charge in [0.15, 0.2) is 0 Å². The summed E-state index contributed by atoms with van der Waals surface area (Å²) in [6, 6.07) is 8.28. The number of benzene rings is 1. The van der Waals surface area contributed by atoms with Crippen LogP contribution in [0.2, 0.25) is 5.02 Å². The van der Waals surface area contributed by atoms with Crippen molar-refractivity contribution in [2.75, 3.05) is 31.2 Å². The van der Waals surface area contributed by atoms with E-state index in [2.05, 4.69) is 9.88 Å².